The van der Waals surface area contributed by atoms with Crippen LogP contribution in [-0.4, -0.2) is 32.6 Å². The molecular weight excluding hydrogens is 302 g/mol. The van der Waals surface area contributed by atoms with Gasteiger partial charge in [0.15, 0.2) is 6.23 Å². The highest BCUT2D eigenvalue weighted by Crippen LogP contribution is 2.28. The van der Waals surface area contributed by atoms with Crippen LogP contribution in [0, 0.1) is 5.41 Å². The van der Waals surface area contributed by atoms with Crippen LogP contribution >= 0.6 is 11.6 Å². The van der Waals surface area contributed by atoms with Gasteiger partial charge in [-0.25, -0.2) is 9.67 Å². The van der Waals surface area contributed by atoms with Crippen molar-refractivity contribution in [3.63, 3.8) is 0 Å². The van der Waals surface area contributed by atoms with Gasteiger partial charge in [0.1, 0.15) is 18.8 Å². The average Bonchev–Trinajstić information content (AvgIpc) is 2.98. The van der Waals surface area contributed by atoms with E-state index in [1.807, 2.05) is 45.0 Å². The van der Waals surface area contributed by atoms with Crippen LogP contribution in [0.4, 0.5) is 0 Å². The predicted molar refractivity (Wildman–Crippen MR) is 85.6 cm³/mol. The number of nitrogens with zero attached hydrogens (tertiary/aromatic N) is 3. The van der Waals surface area contributed by atoms with Crippen molar-refractivity contribution in [1.82, 2.24) is 14.8 Å². The maximum atomic E-state index is 10.5. The monoisotopic (exact) mass is 323 g/mol. The lowest BCUT2D eigenvalue weighted by molar-refractivity contribution is -0.125. The van der Waals surface area contributed by atoms with Gasteiger partial charge in [-0.3, -0.25) is 0 Å². The molecule has 1 N–H and O–H groups in total. The second-order valence-corrected chi connectivity index (χ2v) is 6.76. The van der Waals surface area contributed by atoms with Crippen LogP contribution in [0.5, 0.6) is 0 Å². The molecule has 120 valence electrons. The minimum atomic E-state index is -0.695. The molecule has 2 aromatic rings. The van der Waals surface area contributed by atoms with Gasteiger partial charge in [-0.2, -0.15) is 5.10 Å². The number of benzene rings is 1. The smallest absolute Gasteiger partial charge is 0.178 e. The maximum Gasteiger partial charge on any atom is 0.178 e. The van der Waals surface area contributed by atoms with Gasteiger partial charge < -0.3 is 9.84 Å². The maximum absolute atomic E-state index is 10.5. The third kappa shape index (κ3) is 4.53. The summed E-state index contributed by atoms with van der Waals surface area (Å²) in [6.07, 6.45) is 2.47. The van der Waals surface area contributed by atoms with Crippen LogP contribution in [0.15, 0.2) is 36.9 Å². The van der Waals surface area contributed by atoms with Crippen molar-refractivity contribution in [2.24, 2.45) is 5.41 Å². The van der Waals surface area contributed by atoms with E-state index < -0.39 is 12.3 Å². The fourth-order valence-corrected chi connectivity index (χ4v) is 2.16. The third-order valence-electron chi connectivity index (χ3n) is 3.45. The molecule has 2 rings (SSSR count). The molecule has 1 aromatic carbocycles. The van der Waals surface area contributed by atoms with E-state index in [2.05, 4.69) is 10.1 Å². The summed E-state index contributed by atoms with van der Waals surface area (Å²) in [5.74, 6) is 0. The summed E-state index contributed by atoms with van der Waals surface area (Å²) in [6, 6.07) is 7.65. The number of hydrogen-bond donors (Lipinski definition) is 1. The summed E-state index contributed by atoms with van der Waals surface area (Å²) in [6.45, 7) is 6.36. The van der Waals surface area contributed by atoms with E-state index in [9.17, 15) is 5.11 Å². The highest BCUT2D eigenvalue weighted by Gasteiger charge is 2.32. The van der Waals surface area contributed by atoms with Gasteiger partial charge in [-0.1, -0.05) is 44.5 Å². The summed E-state index contributed by atoms with van der Waals surface area (Å²) >= 11 is 5.87. The van der Waals surface area contributed by atoms with Crippen LogP contribution in [0.2, 0.25) is 5.02 Å². The first-order chi connectivity index (χ1) is 10.4. The van der Waals surface area contributed by atoms with Crippen LogP contribution in [0.1, 0.15) is 32.6 Å². The van der Waals surface area contributed by atoms with E-state index in [4.69, 9.17) is 16.3 Å². The fourth-order valence-electron chi connectivity index (χ4n) is 2.04. The van der Waals surface area contributed by atoms with Crippen LogP contribution in [0.25, 0.3) is 0 Å². The van der Waals surface area contributed by atoms with Gasteiger partial charge in [0.25, 0.3) is 0 Å². The van der Waals surface area contributed by atoms with E-state index in [0.717, 1.165) is 12.0 Å². The summed E-state index contributed by atoms with van der Waals surface area (Å²) < 4.78 is 7.44. The number of aliphatic hydroxyl groups is 1. The quantitative estimate of drug-likeness (QED) is 0.887. The standard InChI is InChI=1S/C16H22ClN3O2/c1-16(2,3)14(21)15(20-11-18-10-19-20)22-9-8-12-4-6-13(17)7-5-12/h4-7,10-11,14-15,21H,8-9H2,1-3H3. The Morgan fingerprint density at radius 1 is 1.27 bits per heavy atom. The zero-order valence-corrected chi connectivity index (χ0v) is 13.9. The Balaban J connectivity index is 2.00. The highest BCUT2D eigenvalue weighted by molar-refractivity contribution is 6.30. The van der Waals surface area contributed by atoms with Crippen LogP contribution in [0.3, 0.4) is 0 Å². The summed E-state index contributed by atoms with van der Waals surface area (Å²) in [4.78, 5) is 3.93. The molecule has 2 unspecified atom stereocenters. The first-order valence-corrected chi connectivity index (χ1v) is 7.64. The molecule has 0 amide bonds. The first kappa shape index (κ1) is 16.9. The molecule has 1 heterocycles. The van der Waals surface area contributed by atoms with Gasteiger partial charge in [-0.05, 0) is 29.5 Å². The minimum absolute atomic E-state index is 0.323. The van der Waals surface area contributed by atoms with E-state index in [1.54, 1.807) is 11.0 Å². The van der Waals surface area contributed by atoms with Gasteiger partial charge in [0, 0.05) is 5.02 Å². The molecule has 0 aliphatic rings. The number of rotatable bonds is 6. The minimum Gasteiger partial charge on any atom is -0.388 e. The Kier molecular flexibility index (Phi) is 5.56. The van der Waals surface area contributed by atoms with Crippen molar-refractivity contribution < 1.29 is 9.84 Å². The number of aliphatic hydroxyl groups excluding tert-OH is 1. The van der Waals surface area contributed by atoms with Gasteiger partial charge in [0.2, 0.25) is 0 Å². The summed E-state index contributed by atoms with van der Waals surface area (Å²) in [5.41, 5.74) is 0.809. The number of hydrogen-bond acceptors (Lipinski definition) is 4. The van der Waals surface area contributed by atoms with E-state index in [1.165, 1.54) is 6.33 Å². The number of halogens is 1. The van der Waals surface area contributed by atoms with E-state index >= 15 is 0 Å². The van der Waals surface area contributed by atoms with Crippen molar-refractivity contribution in [3.8, 4) is 0 Å². The molecule has 0 aliphatic carbocycles. The van der Waals surface area contributed by atoms with Gasteiger partial charge >= 0.3 is 0 Å². The normalized spacial score (nSPS) is 14.8. The van der Waals surface area contributed by atoms with Crippen molar-refractivity contribution in [2.45, 2.75) is 39.5 Å². The molecule has 0 radical (unpaired) electrons. The lowest BCUT2D eigenvalue weighted by Gasteiger charge is -2.32. The SMILES string of the molecule is CC(C)(C)C(O)C(OCCc1ccc(Cl)cc1)n1cncn1. The molecule has 0 fully saturated rings. The Labute approximate surface area is 135 Å². The number of ether oxygens (including phenoxy) is 1. The van der Waals surface area contributed by atoms with E-state index in [-0.39, 0.29) is 5.41 Å². The van der Waals surface area contributed by atoms with Gasteiger partial charge in [-0.15, -0.1) is 0 Å². The molecule has 0 bridgehead atoms. The van der Waals surface area contributed by atoms with Crippen molar-refractivity contribution >= 4 is 11.6 Å². The van der Waals surface area contributed by atoms with Crippen LogP contribution in [-0.2, 0) is 11.2 Å². The molecule has 0 saturated carbocycles. The Hall–Kier alpha value is -1.43. The Bertz CT molecular complexity index is 564. The molecule has 6 heteroatoms. The predicted octanol–water partition coefficient (Wildman–Crippen LogP) is 3.10. The molecule has 0 spiro atoms. The highest BCUT2D eigenvalue weighted by atomic mass is 35.5. The fraction of sp³-hybridized carbons (Fsp3) is 0.500. The molecule has 1 aromatic heterocycles. The third-order valence-corrected chi connectivity index (χ3v) is 3.70. The lowest BCUT2D eigenvalue weighted by Crippen LogP contribution is -2.37. The second-order valence-electron chi connectivity index (χ2n) is 6.32. The van der Waals surface area contributed by atoms with Crippen molar-refractivity contribution in [1.29, 1.82) is 0 Å². The molecule has 22 heavy (non-hydrogen) atoms. The lowest BCUT2D eigenvalue weighted by atomic mass is 9.88. The zero-order valence-electron chi connectivity index (χ0n) is 13.1. The summed E-state index contributed by atoms with van der Waals surface area (Å²) in [7, 11) is 0. The molecule has 0 saturated heterocycles. The Morgan fingerprint density at radius 3 is 2.50 bits per heavy atom. The van der Waals surface area contributed by atoms with Gasteiger partial charge in [0.05, 0.1) is 6.61 Å². The zero-order chi connectivity index (χ0) is 16.2. The molecular formula is C16H22ClN3O2. The second kappa shape index (κ2) is 7.22. The average molecular weight is 324 g/mol. The molecule has 5 nitrogen and oxygen atoms in total. The van der Waals surface area contributed by atoms with Crippen molar-refractivity contribution in [2.75, 3.05) is 6.61 Å². The van der Waals surface area contributed by atoms with E-state index in [0.29, 0.717) is 11.6 Å². The summed E-state index contributed by atoms with van der Waals surface area (Å²) in [5, 5.41) is 15.3. The van der Waals surface area contributed by atoms with Crippen molar-refractivity contribution in [3.05, 3.63) is 47.5 Å². The first-order valence-electron chi connectivity index (χ1n) is 7.26. The van der Waals surface area contributed by atoms with Crippen LogP contribution < -0.4 is 0 Å². The number of aromatic nitrogens is 3. The largest absolute Gasteiger partial charge is 0.388 e. The topological polar surface area (TPSA) is 60.2 Å². The Morgan fingerprint density at radius 2 is 1.95 bits per heavy atom. The molecule has 0 aliphatic heterocycles. The molecule has 2 atom stereocenters.